The van der Waals surface area contributed by atoms with Crippen LogP contribution in [0.25, 0.3) is 11.4 Å². The molecular formula is C20H18BrN5O2. The minimum Gasteiger partial charge on any atom is -0.326 e. The van der Waals surface area contributed by atoms with Crippen molar-refractivity contribution in [3.63, 3.8) is 0 Å². The second kappa shape index (κ2) is 8.02. The molecule has 0 aliphatic heterocycles. The number of hydrogen-bond donors (Lipinski definition) is 1. The highest BCUT2D eigenvalue weighted by Gasteiger charge is 2.28. The summed E-state index contributed by atoms with van der Waals surface area (Å²) in [6.45, 7) is 0. The van der Waals surface area contributed by atoms with Gasteiger partial charge in [-0.2, -0.15) is 0 Å². The summed E-state index contributed by atoms with van der Waals surface area (Å²) in [6, 6.07) is 14.9. The predicted molar refractivity (Wildman–Crippen MR) is 108 cm³/mol. The van der Waals surface area contributed by atoms with E-state index >= 15 is 0 Å². The maximum atomic E-state index is 12.3. The molecule has 28 heavy (non-hydrogen) atoms. The van der Waals surface area contributed by atoms with Crippen LogP contribution in [0.4, 0.5) is 5.69 Å². The van der Waals surface area contributed by atoms with Crippen molar-refractivity contribution in [2.24, 2.45) is 0 Å². The summed E-state index contributed by atoms with van der Waals surface area (Å²) in [6.07, 6.45) is 2.45. The minimum absolute atomic E-state index is 0.0555. The van der Waals surface area contributed by atoms with Crippen molar-refractivity contribution in [3.8, 4) is 11.4 Å². The SMILES string of the molecule is O=C(CCC(=O)c1ccc(Br)cc1)Nc1cccc(-c2nnnn2C2CC2)c1. The maximum Gasteiger partial charge on any atom is 0.224 e. The third kappa shape index (κ3) is 4.33. The van der Waals surface area contributed by atoms with Gasteiger partial charge in [-0.25, -0.2) is 4.68 Å². The number of nitrogens with one attached hydrogen (secondary N) is 1. The van der Waals surface area contributed by atoms with Crippen LogP contribution in [0.3, 0.4) is 0 Å². The molecule has 0 spiro atoms. The predicted octanol–water partition coefficient (Wildman–Crippen LogP) is 4.04. The number of carbonyl (C=O) groups is 2. The van der Waals surface area contributed by atoms with Crippen LogP contribution < -0.4 is 5.32 Å². The molecule has 7 nitrogen and oxygen atoms in total. The van der Waals surface area contributed by atoms with E-state index in [1.54, 1.807) is 12.1 Å². The number of aromatic nitrogens is 4. The van der Waals surface area contributed by atoms with Crippen LogP contribution in [-0.4, -0.2) is 31.9 Å². The van der Waals surface area contributed by atoms with Gasteiger partial charge in [0.15, 0.2) is 11.6 Å². The maximum absolute atomic E-state index is 12.3. The number of anilines is 1. The van der Waals surface area contributed by atoms with Gasteiger partial charge in [-0.3, -0.25) is 9.59 Å². The average Bonchev–Trinajstić information content (AvgIpc) is 3.43. The van der Waals surface area contributed by atoms with E-state index < -0.39 is 0 Å². The Morgan fingerprint density at radius 3 is 2.64 bits per heavy atom. The van der Waals surface area contributed by atoms with Crippen LogP contribution >= 0.6 is 15.9 Å². The zero-order valence-corrected chi connectivity index (χ0v) is 16.6. The third-order valence-electron chi connectivity index (χ3n) is 4.54. The van der Waals surface area contributed by atoms with E-state index in [0.29, 0.717) is 23.1 Å². The molecule has 1 aliphatic carbocycles. The molecule has 142 valence electrons. The van der Waals surface area contributed by atoms with Gasteiger partial charge in [0.1, 0.15) is 0 Å². The fourth-order valence-corrected chi connectivity index (χ4v) is 3.18. The number of nitrogens with zero attached hydrogens (tertiary/aromatic N) is 4. The average molecular weight is 440 g/mol. The number of ketones is 1. The third-order valence-corrected chi connectivity index (χ3v) is 5.06. The molecule has 0 bridgehead atoms. The van der Waals surface area contributed by atoms with Gasteiger partial charge in [-0.15, -0.1) is 5.10 Å². The van der Waals surface area contributed by atoms with E-state index in [9.17, 15) is 9.59 Å². The highest BCUT2D eigenvalue weighted by atomic mass is 79.9. The molecule has 3 aromatic rings. The zero-order chi connectivity index (χ0) is 19.5. The molecule has 4 rings (SSSR count). The van der Waals surface area contributed by atoms with E-state index in [1.165, 1.54) is 0 Å². The van der Waals surface area contributed by atoms with Crippen molar-refractivity contribution < 1.29 is 9.59 Å². The summed E-state index contributed by atoms with van der Waals surface area (Å²) < 4.78 is 2.74. The van der Waals surface area contributed by atoms with Gasteiger partial charge < -0.3 is 5.32 Å². The number of halogens is 1. The first kappa shape index (κ1) is 18.5. The minimum atomic E-state index is -0.204. The quantitative estimate of drug-likeness (QED) is 0.561. The largest absolute Gasteiger partial charge is 0.326 e. The van der Waals surface area contributed by atoms with Gasteiger partial charge >= 0.3 is 0 Å². The molecule has 1 fully saturated rings. The lowest BCUT2D eigenvalue weighted by Gasteiger charge is -2.08. The van der Waals surface area contributed by atoms with Crippen molar-refractivity contribution in [3.05, 3.63) is 58.6 Å². The lowest BCUT2D eigenvalue weighted by atomic mass is 10.1. The second-order valence-corrected chi connectivity index (χ2v) is 7.65. The van der Waals surface area contributed by atoms with E-state index in [-0.39, 0.29) is 24.5 Å². The van der Waals surface area contributed by atoms with Crippen LogP contribution in [0.2, 0.25) is 0 Å². The molecule has 1 aliphatic rings. The van der Waals surface area contributed by atoms with Crippen molar-refractivity contribution in [1.29, 1.82) is 0 Å². The summed E-state index contributed by atoms with van der Waals surface area (Å²) in [5.74, 6) is 0.438. The molecule has 1 amide bonds. The fourth-order valence-electron chi connectivity index (χ4n) is 2.92. The van der Waals surface area contributed by atoms with Gasteiger partial charge in [0.25, 0.3) is 0 Å². The molecule has 0 saturated heterocycles. The summed E-state index contributed by atoms with van der Waals surface area (Å²) in [7, 11) is 0. The van der Waals surface area contributed by atoms with Gasteiger partial charge in [0.05, 0.1) is 6.04 Å². The Morgan fingerprint density at radius 1 is 1.11 bits per heavy atom. The van der Waals surface area contributed by atoms with Crippen LogP contribution in [0, 0.1) is 0 Å². The molecule has 2 aromatic carbocycles. The van der Waals surface area contributed by atoms with Gasteiger partial charge in [-0.05, 0) is 47.5 Å². The molecule has 1 N–H and O–H groups in total. The normalized spacial score (nSPS) is 13.3. The van der Waals surface area contributed by atoms with Crippen molar-refractivity contribution in [1.82, 2.24) is 20.2 Å². The number of tetrazole rings is 1. The molecule has 0 unspecified atom stereocenters. The number of rotatable bonds is 7. The van der Waals surface area contributed by atoms with E-state index in [4.69, 9.17) is 0 Å². The van der Waals surface area contributed by atoms with Crippen LogP contribution in [-0.2, 0) is 4.79 Å². The number of amides is 1. The molecule has 8 heteroatoms. The molecule has 0 radical (unpaired) electrons. The lowest BCUT2D eigenvalue weighted by Crippen LogP contribution is -2.13. The Morgan fingerprint density at radius 2 is 1.89 bits per heavy atom. The highest BCUT2D eigenvalue weighted by molar-refractivity contribution is 9.10. The van der Waals surface area contributed by atoms with Crippen molar-refractivity contribution >= 4 is 33.3 Å². The van der Waals surface area contributed by atoms with E-state index in [0.717, 1.165) is 22.9 Å². The van der Waals surface area contributed by atoms with Crippen molar-refractivity contribution in [2.75, 3.05) is 5.32 Å². The molecule has 1 saturated carbocycles. The highest BCUT2D eigenvalue weighted by Crippen LogP contribution is 2.36. The Bertz CT molecular complexity index is 1010. The van der Waals surface area contributed by atoms with Gasteiger partial charge in [-0.1, -0.05) is 40.2 Å². The smallest absolute Gasteiger partial charge is 0.224 e. The van der Waals surface area contributed by atoms with Gasteiger partial charge in [0.2, 0.25) is 5.91 Å². The summed E-state index contributed by atoms with van der Waals surface area (Å²) >= 11 is 3.34. The van der Waals surface area contributed by atoms with Crippen LogP contribution in [0.15, 0.2) is 53.0 Å². The summed E-state index contributed by atoms with van der Waals surface area (Å²) in [5, 5.41) is 14.8. The standard InChI is InChI=1S/C20H18BrN5O2/c21-15-6-4-13(5-7-15)18(27)10-11-19(28)22-16-3-1-2-14(12-16)20-23-24-25-26(20)17-8-9-17/h1-7,12,17H,8-11H2,(H,22,28). The lowest BCUT2D eigenvalue weighted by molar-refractivity contribution is -0.116. The molecule has 1 heterocycles. The van der Waals surface area contributed by atoms with Crippen LogP contribution in [0.5, 0.6) is 0 Å². The first-order valence-electron chi connectivity index (χ1n) is 9.07. The first-order valence-corrected chi connectivity index (χ1v) is 9.86. The number of benzene rings is 2. The Hall–Kier alpha value is -2.87. The first-order chi connectivity index (χ1) is 13.6. The molecule has 1 aromatic heterocycles. The molecule has 0 atom stereocenters. The van der Waals surface area contributed by atoms with E-state index in [2.05, 4.69) is 36.8 Å². The Balaban J connectivity index is 1.37. The van der Waals surface area contributed by atoms with Crippen molar-refractivity contribution in [2.45, 2.75) is 31.7 Å². The Kier molecular flexibility index (Phi) is 5.29. The number of hydrogen-bond acceptors (Lipinski definition) is 5. The number of Topliss-reactive ketones (excluding diaryl/α,β-unsaturated/α-hetero) is 1. The summed E-state index contributed by atoms with van der Waals surface area (Å²) in [4.78, 5) is 24.5. The summed E-state index contributed by atoms with van der Waals surface area (Å²) in [5.41, 5.74) is 2.11. The topological polar surface area (TPSA) is 89.8 Å². The van der Waals surface area contributed by atoms with Crippen LogP contribution in [0.1, 0.15) is 42.1 Å². The zero-order valence-electron chi connectivity index (χ0n) is 15.0. The van der Waals surface area contributed by atoms with Gasteiger partial charge in [0, 0.05) is 34.1 Å². The molecular weight excluding hydrogens is 422 g/mol. The van der Waals surface area contributed by atoms with E-state index in [1.807, 2.05) is 41.1 Å². The fraction of sp³-hybridized carbons (Fsp3) is 0.250. The Labute approximate surface area is 170 Å². The number of carbonyl (C=O) groups excluding carboxylic acids is 2. The second-order valence-electron chi connectivity index (χ2n) is 6.74. The monoisotopic (exact) mass is 439 g/mol.